The van der Waals surface area contributed by atoms with Crippen LogP contribution in [0, 0.1) is 5.82 Å². The van der Waals surface area contributed by atoms with Gasteiger partial charge in [-0.15, -0.1) is 0 Å². The van der Waals surface area contributed by atoms with Crippen molar-refractivity contribution in [2.24, 2.45) is 0 Å². The van der Waals surface area contributed by atoms with Crippen LogP contribution < -0.4 is 25.4 Å². The Morgan fingerprint density at radius 2 is 1.86 bits per heavy atom. The number of nitrogen functional groups attached to an aromatic ring is 1. The quantitative estimate of drug-likeness (QED) is 0.493. The van der Waals surface area contributed by atoms with Gasteiger partial charge in [0.15, 0.2) is 17.3 Å². The molecule has 2 saturated heterocycles. The zero-order chi connectivity index (χ0) is 30.8. The van der Waals surface area contributed by atoms with E-state index in [9.17, 15) is 14.0 Å². The van der Waals surface area contributed by atoms with Crippen molar-refractivity contribution in [3.63, 3.8) is 0 Å². The molecule has 2 fully saturated rings. The summed E-state index contributed by atoms with van der Waals surface area (Å²) in [5.74, 6) is -0.960. The molecule has 230 valence electrons. The summed E-state index contributed by atoms with van der Waals surface area (Å²) in [5.41, 5.74) is 5.66. The van der Waals surface area contributed by atoms with Gasteiger partial charge in [0.05, 0.1) is 7.11 Å². The molecular weight excluding hydrogens is 545 g/mol. The predicted octanol–water partition coefficient (Wildman–Crippen LogP) is 3.77. The van der Waals surface area contributed by atoms with Crippen LogP contribution in [0.25, 0.3) is 0 Å². The predicted molar refractivity (Wildman–Crippen MR) is 158 cm³/mol. The van der Waals surface area contributed by atoms with E-state index in [1.807, 2.05) is 46.6 Å². The first-order valence-electron chi connectivity index (χ1n) is 14.2. The molecule has 0 bridgehead atoms. The average molecular weight is 588 g/mol. The van der Waals surface area contributed by atoms with Crippen LogP contribution in [0.5, 0.6) is 11.8 Å². The Bertz CT molecular complexity index is 1290. The lowest BCUT2D eigenvalue weighted by Gasteiger charge is -2.45. The van der Waals surface area contributed by atoms with E-state index in [-0.39, 0.29) is 47.0 Å². The number of para-hydroxylation sites is 1. The fourth-order valence-corrected chi connectivity index (χ4v) is 5.42. The van der Waals surface area contributed by atoms with E-state index in [0.717, 1.165) is 19.4 Å². The monoisotopic (exact) mass is 587 g/mol. The molecule has 12 nitrogen and oxygen atoms in total. The van der Waals surface area contributed by atoms with E-state index < -0.39 is 23.4 Å². The van der Waals surface area contributed by atoms with Crippen LogP contribution in [-0.2, 0) is 4.74 Å². The van der Waals surface area contributed by atoms with Crippen LogP contribution in [0.1, 0.15) is 57.9 Å². The lowest BCUT2D eigenvalue weighted by molar-refractivity contribution is 0.0192. The number of amides is 2. The van der Waals surface area contributed by atoms with Gasteiger partial charge >= 0.3 is 12.1 Å². The number of hydrogen-bond donors (Lipinski definition) is 2. The number of halogens is 1. The lowest BCUT2D eigenvalue weighted by Crippen LogP contribution is -2.59. The molecule has 2 aromatic rings. The van der Waals surface area contributed by atoms with Crippen LogP contribution in [0.3, 0.4) is 0 Å². The van der Waals surface area contributed by atoms with Crippen molar-refractivity contribution in [1.82, 2.24) is 19.8 Å². The fraction of sp³-hybridized carbons (Fsp3) is 0.586. The summed E-state index contributed by atoms with van der Waals surface area (Å²) in [6.45, 7) is 11.3. The number of rotatable bonds is 7. The molecule has 3 heterocycles. The second-order valence-corrected chi connectivity index (χ2v) is 11.9. The summed E-state index contributed by atoms with van der Waals surface area (Å²) in [6, 6.07) is 3.92. The Kier molecular flexibility index (Phi) is 9.29. The van der Waals surface area contributed by atoms with Crippen LogP contribution in [0.2, 0.25) is 0 Å². The highest BCUT2D eigenvalue weighted by atomic mass is 19.1. The molecular formula is C29H42FN7O5. The van der Waals surface area contributed by atoms with Gasteiger partial charge in [0.25, 0.3) is 5.91 Å². The first kappa shape index (κ1) is 31.1. The van der Waals surface area contributed by atoms with Gasteiger partial charge in [-0.1, -0.05) is 6.07 Å². The molecule has 0 radical (unpaired) electrons. The van der Waals surface area contributed by atoms with Crippen molar-refractivity contribution in [2.45, 2.75) is 71.2 Å². The molecule has 42 heavy (non-hydrogen) atoms. The van der Waals surface area contributed by atoms with E-state index in [0.29, 0.717) is 25.5 Å². The van der Waals surface area contributed by atoms with Gasteiger partial charge in [-0.2, -0.15) is 9.97 Å². The van der Waals surface area contributed by atoms with Crippen LogP contribution >= 0.6 is 0 Å². The number of piperazine rings is 1. The molecule has 13 heteroatoms. The number of carbonyl (C=O) groups is 2. The third-order valence-corrected chi connectivity index (χ3v) is 7.45. The first-order valence-corrected chi connectivity index (χ1v) is 14.2. The van der Waals surface area contributed by atoms with Gasteiger partial charge in [-0.3, -0.25) is 4.79 Å². The zero-order valence-corrected chi connectivity index (χ0v) is 25.4. The Hall–Kier alpha value is -3.87. The maximum atomic E-state index is 14.7. The number of ether oxygens (including phenoxy) is 3. The number of nitrogens with two attached hydrogens (primary N) is 1. The molecule has 3 N–H and O–H groups in total. The fourth-order valence-electron chi connectivity index (χ4n) is 5.42. The van der Waals surface area contributed by atoms with Gasteiger partial charge < -0.3 is 40.0 Å². The molecule has 1 aromatic carbocycles. The zero-order valence-electron chi connectivity index (χ0n) is 25.4. The highest BCUT2D eigenvalue weighted by molar-refractivity contribution is 6.08. The minimum Gasteiger partial charge on any atom is -0.494 e. The molecule has 2 amide bonds. The smallest absolute Gasteiger partial charge is 0.410 e. The first-order chi connectivity index (χ1) is 19.8. The summed E-state index contributed by atoms with van der Waals surface area (Å²) < 4.78 is 31.5. The minimum absolute atomic E-state index is 0.0116. The Labute approximate surface area is 246 Å². The third-order valence-electron chi connectivity index (χ3n) is 7.45. The van der Waals surface area contributed by atoms with Crippen molar-refractivity contribution in [1.29, 1.82) is 0 Å². The highest BCUT2D eigenvalue weighted by Crippen LogP contribution is 2.34. The Morgan fingerprint density at radius 1 is 1.17 bits per heavy atom. The van der Waals surface area contributed by atoms with E-state index in [1.54, 1.807) is 4.90 Å². The minimum atomic E-state index is -0.741. The van der Waals surface area contributed by atoms with E-state index in [2.05, 4.69) is 20.2 Å². The molecule has 3 atom stereocenters. The van der Waals surface area contributed by atoms with Gasteiger partial charge in [0.2, 0.25) is 0 Å². The average Bonchev–Trinajstić information content (AvgIpc) is 3.32. The number of anilines is 3. The number of nitrogens with zero attached hydrogens (tertiary/aromatic N) is 5. The second kappa shape index (κ2) is 12.6. The SMILES string of the molecule is COc1cccc(F)c1NC(=O)c1nc(OC[C@@H]2CCCN2C)nc(N2[C@@H](C)CN(C(=O)OC(C)(C)C)C[C@@H]2C)c1N. The van der Waals surface area contributed by atoms with Crippen molar-refractivity contribution in [3.8, 4) is 11.8 Å². The topological polar surface area (TPSA) is 135 Å². The van der Waals surface area contributed by atoms with Crippen molar-refractivity contribution < 1.29 is 28.2 Å². The van der Waals surface area contributed by atoms with Crippen molar-refractivity contribution in [3.05, 3.63) is 29.7 Å². The largest absolute Gasteiger partial charge is 0.494 e. The van der Waals surface area contributed by atoms with E-state index in [4.69, 9.17) is 19.9 Å². The molecule has 2 aliphatic heterocycles. The van der Waals surface area contributed by atoms with Crippen LogP contribution in [0.4, 0.5) is 26.4 Å². The summed E-state index contributed by atoms with van der Waals surface area (Å²) >= 11 is 0. The molecule has 0 spiro atoms. The molecule has 4 rings (SSSR count). The molecule has 0 unspecified atom stereocenters. The number of hydrogen-bond acceptors (Lipinski definition) is 10. The molecule has 0 saturated carbocycles. The maximum absolute atomic E-state index is 14.7. The number of carbonyl (C=O) groups excluding carboxylic acids is 2. The van der Waals surface area contributed by atoms with Gasteiger partial charge in [0, 0.05) is 31.2 Å². The summed E-state index contributed by atoms with van der Waals surface area (Å²) in [7, 11) is 3.41. The number of nitrogens with one attached hydrogen (secondary N) is 1. The standard InChI is InChI=1S/C29H42FN7O5/c1-17-14-36(28(39)42-29(3,4)5)15-18(2)37(17)25-22(31)24(26(38)32-23-20(30)11-8-12-21(23)40-7)33-27(34-25)41-16-19-10-9-13-35(19)6/h8,11-12,17-19H,9-10,13-16,31H2,1-7H3,(H,32,38)/t17-,18-,19-/m0/s1. The maximum Gasteiger partial charge on any atom is 0.410 e. The lowest BCUT2D eigenvalue weighted by atomic mass is 10.1. The summed E-state index contributed by atoms with van der Waals surface area (Å²) in [5, 5.41) is 2.55. The van der Waals surface area contributed by atoms with Crippen molar-refractivity contribution in [2.75, 3.05) is 56.3 Å². The number of likely N-dealkylation sites (N-methyl/N-ethyl adjacent to an activating group) is 1. The molecule has 1 aromatic heterocycles. The highest BCUT2D eigenvalue weighted by Gasteiger charge is 2.37. The number of benzene rings is 1. The Balaban J connectivity index is 1.67. The van der Waals surface area contributed by atoms with Crippen LogP contribution in [-0.4, -0.2) is 95.9 Å². The molecule has 2 aliphatic rings. The van der Waals surface area contributed by atoms with Crippen molar-refractivity contribution >= 4 is 29.2 Å². The third kappa shape index (κ3) is 6.94. The van der Waals surface area contributed by atoms with E-state index >= 15 is 0 Å². The summed E-state index contributed by atoms with van der Waals surface area (Å²) in [6.07, 6.45) is 1.63. The summed E-state index contributed by atoms with van der Waals surface area (Å²) in [4.78, 5) is 41.2. The number of aromatic nitrogens is 2. The van der Waals surface area contributed by atoms with Gasteiger partial charge in [-0.05, 0) is 73.2 Å². The van der Waals surface area contributed by atoms with Crippen LogP contribution in [0.15, 0.2) is 18.2 Å². The second-order valence-electron chi connectivity index (χ2n) is 11.9. The normalized spacial score (nSPS) is 21.3. The number of likely N-dealkylation sites (tertiary alicyclic amines) is 1. The van der Waals surface area contributed by atoms with Gasteiger partial charge in [-0.25, -0.2) is 9.18 Å². The van der Waals surface area contributed by atoms with Gasteiger partial charge in [0.1, 0.15) is 29.3 Å². The Morgan fingerprint density at radius 3 is 2.45 bits per heavy atom. The van der Waals surface area contributed by atoms with E-state index in [1.165, 1.54) is 25.3 Å². The molecule has 0 aliphatic carbocycles. The number of methoxy groups -OCH3 is 1.